The number of nitrogens with zero attached hydrogens (tertiary/aromatic N) is 1. The molecule has 1 aliphatic rings. The molecule has 2 unspecified atom stereocenters. The minimum atomic E-state index is 0.0278. The maximum absolute atomic E-state index is 8.08. The van der Waals surface area contributed by atoms with Crippen molar-refractivity contribution in [2.75, 3.05) is 20.7 Å². The highest BCUT2D eigenvalue weighted by molar-refractivity contribution is 5.91. The van der Waals surface area contributed by atoms with Crippen molar-refractivity contribution < 1.29 is 4.74 Å². The average molecular weight is 259 g/mol. The fraction of sp³-hybridized carbons (Fsp3) is 0.400. The predicted molar refractivity (Wildman–Crippen MR) is 78.5 cm³/mol. The molecule has 1 heterocycles. The van der Waals surface area contributed by atoms with E-state index < -0.39 is 0 Å². The first-order valence-corrected chi connectivity index (χ1v) is 6.46. The first-order valence-electron chi connectivity index (χ1n) is 6.46. The van der Waals surface area contributed by atoms with Gasteiger partial charge < -0.3 is 15.4 Å². The molecule has 102 valence electrons. The van der Waals surface area contributed by atoms with Gasteiger partial charge in [-0.2, -0.15) is 0 Å². The number of hydrogen-bond donors (Lipinski definition) is 2. The Labute approximate surface area is 114 Å². The number of nitrogens with one attached hydrogen (secondary N) is 1. The van der Waals surface area contributed by atoms with E-state index in [9.17, 15) is 0 Å². The minimum Gasteiger partial charge on any atom is -0.496 e. The summed E-state index contributed by atoms with van der Waals surface area (Å²) in [5.74, 6) is 1.54. The van der Waals surface area contributed by atoms with E-state index in [1.54, 1.807) is 7.11 Å². The molecule has 4 nitrogen and oxygen atoms in total. The zero-order valence-corrected chi connectivity index (χ0v) is 11.7. The Morgan fingerprint density at radius 3 is 2.68 bits per heavy atom. The largest absolute Gasteiger partial charge is 0.496 e. The highest BCUT2D eigenvalue weighted by Crippen LogP contribution is 2.34. The maximum Gasteiger partial charge on any atom is 0.126 e. The van der Waals surface area contributed by atoms with Crippen LogP contribution >= 0.6 is 0 Å². The molecule has 1 aliphatic heterocycles. The summed E-state index contributed by atoms with van der Waals surface area (Å²) in [4.78, 5) is 1.95. The molecule has 1 aromatic rings. The number of ether oxygens (including phenoxy) is 1. The van der Waals surface area contributed by atoms with E-state index in [0.717, 1.165) is 16.9 Å². The van der Waals surface area contributed by atoms with Crippen LogP contribution in [0.25, 0.3) is 5.57 Å². The molecule has 0 bridgehead atoms. The van der Waals surface area contributed by atoms with E-state index in [4.69, 9.17) is 15.9 Å². The van der Waals surface area contributed by atoms with Crippen molar-refractivity contribution >= 4 is 11.4 Å². The minimum absolute atomic E-state index is 0.0278. The molecule has 1 aromatic carbocycles. The lowest BCUT2D eigenvalue weighted by Gasteiger charge is -2.38. The summed E-state index contributed by atoms with van der Waals surface area (Å²) in [5.41, 5.74) is 8.11. The van der Waals surface area contributed by atoms with E-state index in [1.807, 2.05) is 43.1 Å². The van der Waals surface area contributed by atoms with E-state index in [1.165, 1.54) is 0 Å². The molecular formula is C15H21N3O. The van der Waals surface area contributed by atoms with Crippen LogP contribution in [0.4, 0.5) is 0 Å². The predicted octanol–water partition coefficient (Wildman–Crippen LogP) is 1.96. The number of benzene rings is 1. The number of rotatable bonds is 3. The molecule has 0 saturated heterocycles. The maximum atomic E-state index is 8.08. The van der Waals surface area contributed by atoms with Crippen molar-refractivity contribution in [1.82, 2.24) is 4.90 Å². The van der Waals surface area contributed by atoms with Crippen molar-refractivity contribution in [1.29, 1.82) is 5.41 Å². The fourth-order valence-corrected chi connectivity index (χ4v) is 2.59. The van der Waals surface area contributed by atoms with E-state index >= 15 is 0 Å². The topological polar surface area (TPSA) is 62.3 Å². The van der Waals surface area contributed by atoms with Gasteiger partial charge in [0.1, 0.15) is 11.6 Å². The fourth-order valence-electron chi connectivity index (χ4n) is 2.59. The van der Waals surface area contributed by atoms with Crippen LogP contribution in [0.5, 0.6) is 5.75 Å². The first-order chi connectivity index (χ1) is 9.10. The summed E-state index contributed by atoms with van der Waals surface area (Å²) < 4.78 is 5.43. The first kappa shape index (κ1) is 13.6. The smallest absolute Gasteiger partial charge is 0.126 e. The highest BCUT2D eigenvalue weighted by atomic mass is 16.5. The van der Waals surface area contributed by atoms with Crippen molar-refractivity contribution in [3.63, 3.8) is 0 Å². The SMILES string of the molecule is COc1ccccc1C1=CC(C)C(=N)N(C)C1CN. The van der Waals surface area contributed by atoms with Gasteiger partial charge in [0.05, 0.1) is 13.2 Å². The number of para-hydroxylation sites is 1. The van der Waals surface area contributed by atoms with Gasteiger partial charge in [0.15, 0.2) is 0 Å². The second-order valence-corrected chi connectivity index (χ2v) is 4.86. The Hall–Kier alpha value is -1.81. The van der Waals surface area contributed by atoms with Crippen molar-refractivity contribution in [2.45, 2.75) is 13.0 Å². The zero-order chi connectivity index (χ0) is 14.0. The van der Waals surface area contributed by atoms with Crippen LogP contribution in [0.3, 0.4) is 0 Å². The van der Waals surface area contributed by atoms with Crippen LogP contribution in [0.15, 0.2) is 30.3 Å². The van der Waals surface area contributed by atoms with Gasteiger partial charge in [0.25, 0.3) is 0 Å². The zero-order valence-electron chi connectivity index (χ0n) is 11.7. The van der Waals surface area contributed by atoms with Crippen LogP contribution in [0.2, 0.25) is 0 Å². The number of likely N-dealkylation sites (N-methyl/N-ethyl adjacent to an activating group) is 1. The Morgan fingerprint density at radius 2 is 2.05 bits per heavy atom. The van der Waals surface area contributed by atoms with Crippen LogP contribution in [0, 0.1) is 11.3 Å². The standard InChI is InChI=1S/C15H21N3O/c1-10-8-12(13(9-16)18(2)15(10)17)11-6-4-5-7-14(11)19-3/h4-8,10,13,17H,9,16H2,1-3H3. The van der Waals surface area contributed by atoms with Gasteiger partial charge in [-0.3, -0.25) is 5.41 Å². The van der Waals surface area contributed by atoms with Crippen LogP contribution in [0.1, 0.15) is 12.5 Å². The molecule has 2 atom stereocenters. The van der Waals surface area contributed by atoms with Gasteiger partial charge in [0.2, 0.25) is 0 Å². The Morgan fingerprint density at radius 1 is 1.37 bits per heavy atom. The van der Waals surface area contributed by atoms with Crippen molar-refractivity contribution in [3.05, 3.63) is 35.9 Å². The number of hydrogen-bond acceptors (Lipinski definition) is 3. The van der Waals surface area contributed by atoms with Gasteiger partial charge >= 0.3 is 0 Å². The van der Waals surface area contributed by atoms with Gasteiger partial charge in [-0.15, -0.1) is 0 Å². The molecule has 0 amide bonds. The molecular weight excluding hydrogens is 238 g/mol. The molecule has 0 saturated carbocycles. The molecule has 3 N–H and O–H groups in total. The number of nitrogens with two attached hydrogens (primary N) is 1. The second-order valence-electron chi connectivity index (χ2n) is 4.86. The summed E-state index contributed by atoms with van der Waals surface area (Å²) in [6.07, 6.45) is 2.12. The van der Waals surface area contributed by atoms with Crippen LogP contribution in [-0.2, 0) is 0 Å². The molecule has 0 radical (unpaired) electrons. The van der Waals surface area contributed by atoms with Crippen LogP contribution < -0.4 is 10.5 Å². The average Bonchev–Trinajstić information content (AvgIpc) is 2.44. The highest BCUT2D eigenvalue weighted by Gasteiger charge is 2.30. The summed E-state index contributed by atoms with van der Waals surface area (Å²) in [7, 11) is 3.60. The van der Waals surface area contributed by atoms with Gasteiger partial charge in [0, 0.05) is 25.1 Å². The van der Waals surface area contributed by atoms with Crippen molar-refractivity contribution in [3.8, 4) is 5.75 Å². The Balaban J connectivity index is 2.52. The number of methoxy groups -OCH3 is 1. The van der Waals surface area contributed by atoms with E-state index in [0.29, 0.717) is 12.4 Å². The number of amidine groups is 1. The third-order valence-electron chi connectivity index (χ3n) is 3.71. The normalized spacial score (nSPS) is 23.3. The van der Waals surface area contributed by atoms with Gasteiger partial charge in [-0.05, 0) is 11.6 Å². The van der Waals surface area contributed by atoms with Gasteiger partial charge in [-0.25, -0.2) is 0 Å². The van der Waals surface area contributed by atoms with Gasteiger partial charge in [-0.1, -0.05) is 31.2 Å². The monoisotopic (exact) mass is 259 g/mol. The van der Waals surface area contributed by atoms with Crippen LogP contribution in [-0.4, -0.2) is 37.5 Å². The second kappa shape index (κ2) is 5.45. The molecule has 0 spiro atoms. The lowest BCUT2D eigenvalue weighted by atomic mass is 9.88. The summed E-state index contributed by atoms with van der Waals surface area (Å²) in [5, 5.41) is 8.08. The third-order valence-corrected chi connectivity index (χ3v) is 3.71. The van der Waals surface area contributed by atoms with E-state index in [-0.39, 0.29) is 12.0 Å². The molecule has 19 heavy (non-hydrogen) atoms. The molecule has 0 fully saturated rings. The van der Waals surface area contributed by atoms with Crippen molar-refractivity contribution in [2.24, 2.45) is 11.7 Å². The lowest BCUT2D eigenvalue weighted by Crippen LogP contribution is -2.47. The molecule has 4 heteroatoms. The summed E-state index contributed by atoms with van der Waals surface area (Å²) >= 11 is 0. The summed E-state index contributed by atoms with van der Waals surface area (Å²) in [6, 6.07) is 7.98. The Kier molecular flexibility index (Phi) is 3.90. The molecule has 0 aromatic heterocycles. The Bertz CT molecular complexity index is 510. The summed E-state index contributed by atoms with van der Waals surface area (Å²) in [6.45, 7) is 2.51. The molecule has 2 rings (SSSR count). The molecule has 0 aliphatic carbocycles. The lowest BCUT2D eigenvalue weighted by molar-refractivity contribution is 0.400. The third kappa shape index (κ3) is 2.36. The van der Waals surface area contributed by atoms with E-state index in [2.05, 4.69) is 6.08 Å². The quantitative estimate of drug-likeness (QED) is 0.872.